The van der Waals surface area contributed by atoms with Gasteiger partial charge in [-0.2, -0.15) is 0 Å². The van der Waals surface area contributed by atoms with Crippen LogP contribution in [0.5, 0.6) is 0 Å². The van der Waals surface area contributed by atoms with Gasteiger partial charge in [-0.05, 0) is 83.5 Å². The average molecular weight is 1150 g/mol. The van der Waals surface area contributed by atoms with E-state index < -0.39 is 57.8 Å². The van der Waals surface area contributed by atoms with Crippen molar-refractivity contribution in [2.75, 3.05) is 26.4 Å². The molecule has 0 aliphatic heterocycles. The largest absolute Gasteiger partial charge is 0.472 e. The second kappa shape index (κ2) is 62.5. The second-order valence-electron chi connectivity index (χ2n) is 22.6. The van der Waals surface area contributed by atoms with Crippen molar-refractivity contribution >= 4 is 25.7 Å². The summed E-state index contributed by atoms with van der Waals surface area (Å²) in [6.07, 6.45) is 69.1. The van der Waals surface area contributed by atoms with Crippen molar-refractivity contribution in [3.05, 3.63) is 48.6 Å². The minimum Gasteiger partial charge on any atom is -0.462 e. The Hall–Kier alpha value is -2.56. The Morgan fingerprint density at radius 1 is 0.350 bits per heavy atom. The van der Waals surface area contributed by atoms with Crippen LogP contribution < -0.4 is 0 Å². The minimum absolute atomic E-state index is 0.155. The zero-order valence-electron chi connectivity index (χ0n) is 52.1. The van der Waals surface area contributed by atoms with Crippen molar-refractivity contribution in [1.82, 2.24) is 0 Å². The Labute approximate surface area is 492 Å². The van der Waals surface area contributed by atoms with E-state index in [1.165, 1.54) is 161 Å². The van der Waals surface area contributed by atoms with Crippen molar-refractivity contribution in [2.24, 2.45) is 0 Å². The van der Waals surface area contributed by atoms with Gasteiger partial charge >= 0.3 is 25.7 Å². The lowest BCUT2D eigenvalue weighted by atomic mass is 10.0. The maximum atomic E-state index is 13.0. The molecular formula is C68H125O11P. The van der Waals surface area contributed by atoms with E-state index in [2.05, 4.69) is 69.4 Å². The van der Waals surface area contributed by atoms with Gasteiger partial charge in [-0.15, -0.1) is 0 Å². The number of carbonyl (C=O) groups is 3. The number of aliphatic hydroxyl groups excluding tert-OH is 1. The Morgan fingerprint density at radius 2 is 0.613 bits per heavy atom. The zero-order valence-corrected chi connectivity index (χ0v) is 53.0. The summed E-state index contributed by atoms with van der Waals surface area (Å²) < 4.78 is 39.7. The van der Waals surface area contributed by atoms with E-state index in [9.17, 15) is 28.9 Å². The fourth-order valence-corrected chi connectivity index (χ4v) is 10.4. The first kappa shape index (κ1) is 77.4. The van der Waals surface area contributed by atoms with Gasteiger partial charge < -0.3 is 24.2 Å². The smallest absolute Gasteiger partial charge is 0.462 e. The highest BCUT2D eigenvalue weighted by molar-refractivity contribution is 7.47. The topological polar surface area (TPSA) is 155 Å². The molecule has 0 heterocycles. The maximum absolute atomic E-state index is 13.0. The molecule has 2 N–H and O–H groups in total. The van der Waals surface area contributed by atoms with Gasteiger partial charge in [0.25, 0.3) is 0 Å². The van der Waals surface area contributed by atoms with Crippen LogP contribution in [0.25, 0.3) is 0 Å². The summed E-state index contributed by atoms with van der Waals surface area (Å²) in [7, 11) is -4.76. The second-order valence-corrected chi connectivity index (χ2v) is 24.1. The summed E-state index contributed by atoms with van der Waals surface area (Å²) in [5.74, 6) is -1.46. The Morgan fingerprint density at radius 3 is 0.975 bits per heavy atom. The quantitative estimate of drug-likeness (QED) is 0.0197. The van der Waals surface area contributed by atoms with E-state index in [-0.39, 0.29) is 25.9 Å². The van der Waals surface area contributed by atoms with Crippen LogP contribution in [-0.2, 0) is 42.2 Å². The summed E-state index contributed by atoms with van der Waals surface area (Å²) in [5.41, 5.74) is 0. The summed E-state index contributed by atoms with van der Waals surface area (Å²) in [6, 6.07) is 0. The van der Waals surface area contributed by atoms with Crippen molar-refractivity contribution in [3.8, 4) is 0 Å². The maximum Gasteiger partial charge on any atom is 0.472 e. The highest BCUT2D eigenvalue weighted by Crippen LogP contribution is 2.43. The number of unbranched alkanes of at least 4 members (excludes halogenated alkanes) is 38. The molecular weight excluding hydrogens is 1020 g/mol. The summed E-state index contributed by atoms with van der Waals surface area (Å²) in [4.78, 5) is 48.8. The van der Waals surface area contributed by atoms with Gasteiger partial charge in [-0.3, -0.25) is 23.4 Å². The molecule has 3 unspecified atom stereocenters. The van der Waals surface area contributed by atoms with Crippen LogP contribution in [0.1, 0.15) is 329 Å². The highest BCUT2D eigenvalue weighted by atomic mass is 31.2. The summed E-state index contributed by atoms with van der Waals surface area (Å²) in [5, 5.41) is 9.85. The molecule has 468 valence electrons. The third kappa shape index (κ3) is 60.0. The summed E-state index contributed by atoms with van der Waals surface area (Å²) >= 11 is 0. The van der Waals surface area contributed by atoms with Gasteiger partial charge in [0.15, 0.2) is 6.10 Å². The van der Waals surface area contributed by atoms with Gasteiger partial charge in [0, 0.05) is 19.3 Å². The minimum atomic E-state index is -4.76. The molecule has 0 aromatic rings. The molecule has 0 fully saturated rings. The lowest BCUT2D eigenvalue weighted by Gasteiger charge is -2.21. The van der Waals surface area contributed by atoms with Crippen LogP contribution in [-0.4, -0.2) is 66.5 Å². The molecule has 0 rings (SSSR count). The van der Waals surface area contributed by atoms with Crippen LogP contribution in [0.3, 0.4) is 0 Å². The fourth-order valence-electron chi connectivity index (χ4n) is 9.60. The standard InChI is InChI=1S/C68H125O11P/c1-4-7-10-13-16-19-22-25-28-30-32-34-37-39-42-45-48-51-54-57-66(70)75-61-65(79-68(72)59-56-53-50-47-44-41-38-35-33-31-29-26-23-20-17-14-11-8-5-2)63-77-80(73,74)76-62-64(60-69)78-67(71)58-55-52-49-46-43-40-36-27-24-21-18-15-12-9-6-3/h17,20,26-27,29,33,35-36,64-65,69H,4-16,18-19,21-25,28,30-32,34,37-63H2,1-3H3,(H,73,74)/b20-17-,29-26-,35-33-,36-27-. The number of rotatable bonds is 63. The van der Waals surface area contributed by atoms with E-state index in [1.807, 2.05) is 0 Å². The lowest BCUT2D eigenvalue weighted by molar-refractivity contribution is -0.161. The predicted molar refractivity (Wildman–Crippen MR) is 335 cm³/mol. The molecule has 80 heavy (non-hydrogen) atoms. The molecule has 0 bridgehead atoms. The molecule has 0 aromatic carbocycles. The van der Waals surface area contributed by atoms with Gasteiger partial charge in [-0.1, -0.05) is 275 Å². The molecule has 0 aliphatic rings. The van der Waals surface area contributed by atoms with Crippen LogP contribution in [0.15, 0.2) is 48.6 Å². The molecule has 0 aromatic heterocycles. The first-order valence-electron chi connectivity index (χ1n) is 33.5. The first-order valence-corrected chi connectivity index (χ1v) is 35.0. The molecule has 0 radical (unpaired) electrons. The number of phosphoric acid groups is 1. The lowest BCUT2D eigenvalue weighted by Crippen LogP contribution is -2.30. The molecule has 0 saturated carbocycles. The van der Waals surface area contributed by atoms with E-state index in [0.29, 0.717) is 19.3 Å². The van der Waals surface area contributed by atoms with Crippen LogP contribution in [0.2, 0.25) is 0 Å². The van der Waals surface area contributed by atoms with Gasteiger partial charge in [-0.25, -0.2) is 4.57 Å². The molecule has 12 heteroatoms. The Bertz CT molecular complexity index is 1530. The molecule has 11 nitrogen and oxygen atoms in total. The third-order valence-electron chi connectivity index (χ3n) is 14.7. The number of ether oxygens (including phenoxy) is 3. The van der Waals surface area contributed by atoms with Gasteiger partial charge in [0.1, 0.15) is 12.7 Å². The Kier molecular flexibility index (Phi) is 60.5. The normalized spacial score (nSPS) is 13.5. The van der Waals surface area contributed by atoms with E-state index in [4.69, 9.17) is 23.3 Å². The fraction of sp³-hybridized carbons (Fsp3) is 0.838. The number of hydrogen-bond donors (Lipinski definition) is 2. The van der Waals surface area contributed by atoms with E-state index in [1.54, 1.807) is 0 Å². The summed E-state index contributed by atoms with van der Waals surface area (Å²) in [6.45, 7) is 4.66. The van der Waals surface area contributed by atoms with Crippen molar-refractivity contribution < 1.29 is 52.2 Å². The Balaban J connectivity index is 4.69. The molecule has 0 aliphatic carbocycles. The van der Waals surface area contributed by atoms with E-state index in [0.717, 1.165) is 109 Å². The molecule has 0 spiro atoms. The van der Waals surface area contributed by atoms with Crippen molar-refractivity contribution in [3.63, 3.8) is 0 Å². The number of carbonyl (C=O) groups excluding carboxylic acids is 3. The number of phosphoric ester groups is 1. The zero-order chi connectivity index (χ0) is 58.3. The van der Waals surface area contributed by atoms with Crippen LogP contribution >= 0.6 is 7.82 Å². The van der Waals surface area contributed by atoms with E-state index >= 15 is 0 Å². The van der Waals surface area contributed by atoms with Gasteiger partial charge in [0.2, 0.25) is 0 Å². The number of hydrogen-bond acceptors (Lipinski definition) is 10. The molecule has 0 amide bonds. The number of allylic oxidation sites excluding steroid dienone is 8. The molecule has 0 saturated heterocycles. The SMILES string of the molecule is CCCCC/C=C\C/C=C\C/C=C\CCCCCCCCC(=O)OC(COC(=O)CCCCCCCCCCCCCCCCCCCCC)COP(=O)(O)OCC(CO)OC(=O)CCCCCCC/C=C\CCCCCCCC. The number of esters is 3. The van der Waals surface area contributed by atoms with Crippen LogP contribution in [0.4, 0.5) is 0 Å². The third-order valence-corrected chi connectivity index (χ3v) is 15.7. The van der Waals surface area contributed by atoms with Crippen molar-refractivity contribution in [1.29, 1.82) is 0 Å². The monoisotopic (exact) mass is 1150 g/mol. The van der Waals surface area contributed by atoms with Crippen molar-refractivity contribution in [2.45, 2.75) is 341 Å². The van der Waals surface area contributed by atoms with Gasteiger partial charge in [0.05, 0.1) is 19.8 Å². The predicted octanol–water partition coefficient (Wildman–Crippen LogP) is 20.5. The highest BCUT2D eigenvalue weighted by Gasteiger charge is 2.28. The van der Waals surface area contributed by atoms with Crippen LogP contribution in [0, 0.1) is 0 Å². The first-order chi connectivity index (χ1) is 39.2. The average Bonchev–Trinajstić information content (AvgIpc) is 3.45. The molecule has 3 atom stereocenters. The number of aliphatic hydroxyl groups is 1.